The van der Waals surface area contributed by atoms with Crippen molar-refractivity contribution >= 4 is 11.6 Å². The van der Waals surface area contributed by atoms with Crippen molar-refractivity contribution in [2.45, 2.75) is 26.0 Å². The Bertz CT molecular complexity index is 632. The van der Waals surface area contributed by atoms with E-state index in [1.54, 1.807) is 12.1 Å². The quantitative estimate of drug-likeness (QED) is 0.902. The number of hydrogen-bond donors (Lipinski definition) is 1. The Hall–Kier alpha value is -1.65. The van der Waals surface area contributed by atoms with Crippen molar-refractivity contribution in [1.82, 2.24) is 0 Å². The van der Waals surface area contributed by atoms with E-state index < -0.39 is 5.82 Å². The highest BCUT2D eigenvalue weighted by Crippen LogP contribution is 2.22. The molecule has 2 N–H and O–H groups in total. The lowest BCUT2D eigenvalue weighted by Crippen LogP contribution is -2.17. The molecule has 0 radical (unpaired) electrons. The van der Waals surface area contributed by atoms with Crippen molar-refractivity contribution in [3.8, 4) is 5.75 Å². The molecule has 2 nitrogen and oxygen atoms in total. The number of hydrogen-bond acceptors (Lipinski definition) is 2. The number of rotatable bonds is 5. The average Bonchev–Trinajstić information content (AvgIpc) is 2.36. The molecular formula is C16H16ClF2NO. The van der Waals surface area contributed by atoms with Crippen molar-refractivity contribution in [2.24, 2.45) is 5.73 Å². The van der Waals surface area contributed by atoms with Gasteiger partial charge in [0.25, 0.3) is 0 Å². The van der Waals surface area contributed by atoms with Crippen molar-refractivity contribution in [2.75, 3.05) is 0 Å². The van der Waals surface area contributed by atoms with Crippen molar-refractivity contribution < 1.29 is 13.5 Å². The minimum Gasteiger partial charge on any atom is -0.489 e. The van der Waals surface area contributed by atoms with Gasteiger partial charge >= 0.3 is 0 Å². The third-order valence-electron chi connectivity index (χ3n) is 2.90. The van der Waals surface area contributed by atoms with Crippen molar-refractivity contribution in [3.63, 3.8) is 0 Å². The van der Waals surface area contributed by atoms with E-state index in [4.69, 9.17) is 22.1 Å². The first-order valence-electron chi connectivity index (χ1n) is 6.56. The van der Waals surface area contributed by atoms with Gasteiger partial charge in [-0.25, -0.2) is 8.78 Å². The number of ether oxygens (including phenoxy) is 1. The molecule has 1 atom stereocenters. The first-order chi connectivity index (χ1) is 9.94. The normalized spacial score (nSPS) is 12.2. The van der Waals surface area contributed by atoms with E-state index in [2.05, 4.69) is 0 Å². The van der Waals surface area contributed by atoms with Crippen molar-refractivity contribution in [3.05, 3.63) is 64.2 Å². The van der Waals surface area contributed by atoms with Gasteiger partial charge in [0.1, 0.15) is 24.0 Å². The Morgan fingerprint density at radius 3 is 2.57 bits per heavy atom. The molecule has 0 heterocycles. The molecular weight excluding hydrogens is 296 g/mol. The molecule has 112 valence electrons. The SMILES string of the molecule is CC(N)Cc1cc(F)cc(OCc2ccc(F)cc2Cl)c1. The van der Waals surface area contributed by atoms with E-state index in [9.17, 15) is 8.78 Å². The second kappa shape index (κ2) is 6.87. The van der Waals surface area contributed by atoms with Crippen LogP contribution in [0.5, 0.6) is 5.75 Å². The second-order valence-corrected chi connectivity index (χ2v) is 5.41. The molecule has 5 heteroatoms. The zero-order valence-corrected chi connectivity index (χ0v) is 12.3. The molecule has 0 aliphatic rings. The summed E-state index contributed by atoms with van der Waals surface area (Å²) in [6.07, 6.45) is 0.561. The van der Waals surface area contributed by atoms with Gasteiger partial charge in [-0.3, -0.25) is 0 Å². The molecule has 0 bridgehead atoms. The summed E-state index contributed by atoms with van der Waals surface area (Å²) in [5, 5.41) is 0.280. The molecule has 1 unspecified atom stereocenters. The number of benzene rings is 2. The zero-order chi connectivity index (χ0) is 15.4. The van der Waals surface area contributed by atoms with E-state index >= 15 is 0 Å². The lowest BCUT2D eigenvalue weighted by Gasteiger charge is -2.11. The van der Waals surface area contributed by atoms with Gasteiger partial charge in [0, 0.05) is 17.7 Å². The van der Waals surface area contributed by atoms with Crippen LogP contribution in [0.15, 0.2) is 36.4 Å². The van der Waals surface area contributed by atoms with Gasteiger partial charge in [0.15, 0.2) is 0 Å². The fraction of sp³-hybridized carbons (Fsp3) is 0.250. The van der Waals surface area contributed by atoms with Gasteiger partial charge in [-0.1, -0.05) is 17.7 Å². The Morgan fingerprint density at radius 1 is 1.14 bits per heavy atom. The third-order valence-corrected chi connectivity index (χ3v) is 3.25. The highest BCUT2D eigenvalue weighted by molar-refractivity contribution is 6.31. The summed E-state index contributed by atoms with van der Waals surface area (Å²) >= 11 is 5.92. The molecule has 0 saturated heterocycles. The average molecular weight is 312 g/mol. The van der Waals surface area contributed by atoms with Crippen molar-refractivity contribution in [1.29, 1.82) is 0 Å². The molecule has 0 amide bonds. The molecule has 2 rings (SSSR count). The largest absolute Gasteiger partial charge is 0.489 e. The summed E-state index contributed by atoms with van der Waals surface area (Å²) in [6.45, 7) is 1.99. The minimum absolute atomic E-state index is 0.0637. The topological polar surface area (TPSA) is 35.2 Å². The summed E-state index contributed by atoms with van der Waals surface area (Å²) in [5.41, 5.74) is 7.11. The summed E-state index contributed by atoms with van der Waals surface area (Å²) in [6, 6.07) is 8.46. The second-order valence-electron chi connectivity index (χ2n) is 5.00. The van der Waals surface area contributed by atoms with Crippen LogP contribution in [-0.4, -0.2) is 6.04 Å². The minimum atomic E-state index is -0.409. The molecule has 2 aromatic carbocycles. The Kier molecular flexibility index (Phi) is 5.15. The number of halogens is 3. The predicted octanol–water partition coefficient (Wildman–Crippen LogP) is 4.09. The van der Waals surface area contributed by atoms with E-state index in [0.717, 1.165) is 5.56 Å². The van der Waals surface area contributed by atoms with Gasteiger partial charge in [-0.2, -0.15) is 0 Å². The highest BCUT2D eigenvalue weighted by atomic mass is 35.5. The van der Waals surface area contributed by atoms with Gasteiger partial charge in [0.05, 0.1) is 5.02 Å². The fourth-order valence-corrected chi connectivity index (χ4v) is 2.22. The summed E-state index contributed by atoms with van der Waals surface area (Å²) in [4.78, 5) is 0. The zero-order valence-electron chi connectivity index (χ0n) is 11.6. The highest BCUT2D eigenvalue weighted by Gasteiger charge is 2.07. The molecule has 0 aromatic heterocycles. The summed E-state index contributed by atoms with van der Waals surface area (Å²) < 4.78 is 32.0. The molecule has 0 saturated carbocycles. The summed E-state index contributed by atoms with van der Waals surface area (Å²) in [7, 11) is 0. The van der Waals surface area contributed by atoms with Gasteiger partial charge < -0.3 is 10.5 Å². The monoisotopic (exact) mass is 311 g/mol. The Balaban J connectivity index is 2.10. The maximum absolute atomic E-state index is 13.5. The van der Waals surface area contributed by atoms with Crippen LogP contribution in [0, 0.1) is 11.6 Å². The van der Waals surface area contributed by atoms with Crippen LogP contribution in [0.1, 0.15) is 18.1 Å². The lowest BCUT2D eigenvalue weighted by atomic mass is 10.1. The standard InChI is InChI=1S/C16H16ClF2NO/c1-10(20)4-11-5-14(19)7-15(6-11)21-9-12-2-3-13(18)8-16(12)17/h2-3,5-8,10H,4,9,20H2,1H3. The van der Waals surface area contributed by atoms with E-state index in [0.29, 0.717) is 17.7 Å². The van der Waals surface area contributed by atoms with E-state index in [-0.39, 0.29) is 23.5 Å². The van der Waals surface area contributed by atoms with Crippen LogP contribution in [0.4, 0.5) is 8.78 Å². The van der Waals surface area contributed by atoms with E-state index in [1.165, 1.54) is 24.3 Å². The molecule has 0 aliphatic carbocycles. The number of nitrogens with two attached hydrogens (primary N) is 1. The van der Waals surface area contributed by atoms with Crippen LogP contribution < -0.4 is 10.5 Å². The smallest absolute Gasteiger partial charge is 0.127 e. The Morgan fingerprint density at radius 2 is 1.90 bits per heavy atom. The molecule has 0 spiro atoms. The van der Waals surface area contributed by atoms with Gasteiger partial charge in [-0.05, 0) is 43.2 Å². The van der Waals surface area contributed by atoms with E-state index in [1.807, 2.05) is 6.92 Å². The molecule has 0 fully saturated rings. The van der Waals surface area contributed by atoms with Gasteiger partial charge in [0.2, 0.25) is 0 Å². The maximum atomic E-state index is 13.5. The first kappa shape index (κ1) is 15.7. The summed E-state index contributed by atoms with van der Waals surface area (Å²) in [5.74, 6) is -0.395. The van der Waals surface area contributed by atoms with Gasteiger partial charge in [-0.15, -0.1) is 0 Å². The molecule has 0 aliphatic heterocycles. The molecule has 2 aromatic rings. The van der Waals surface area contributed by atoms with Crippen LogP contribution >= 0.6 is 11.6 Å². The van der Waals surface area contributed by atoms with Crippen LogP contribution in [0.3, 0.4) is 0 Å². The Labute approximate surface area is 127 Å². The third kappa shape index (κ3) is 4.69. The maximum Gasteiger partial charge on any atom is 0.127 e. The molecule has 21 heavy (non-hydrogen) atoms. The van der Waals surface area contributed by atoms with Crippen LogP contribution in [0.2, 0.25) is 5.02 Å². The predicted molar refractivity (Wildman–Crippen MR) is 79.5 cm³/mol. The first-order valence-corrected chi connectivity index (χ1v) is 6.93. The van der Waals surface area contributed by atoms with Crippen LogP contribution in [0.25, 0.3) is 0 Å². The lowest BCUT2D eigenvalue weighted by molar-refractivity contribution is 0.304. The van der Waals surface area contributed by atoms with Crippen LogP contribution in [-0.2, 0) is 13.0 Å². The fourth-order valence-electron chi connectivity index (χ4n) is 1.99.